The van der Waals surface area contributed by atoms with Crippen LogP contribution in [0.3, 0.4) is 0 Å². The van der Waals surface area contributed by atoms with E-state index in [1.807, 2.05) is 78.9 Å². The molecule has 4 aromatic carbocycles. The second-order valence-corrected chi connectivity index (χ2v) is 9.15. The molecule has 1 unspecified atom stereocenters. The standard InChI is InChI=1S/C32H29FN2O2/c1-37-27-17-13-25(14-18-27)29(19-32(36)34-20-23-7-3-2-4-8-23)30-22-35(31-10-6-5-9-28(30)31)21-24-11-15-26(33)16-12-24/h2-18,22,29H,19-21H2,1H3,(H,34,36). The molecule has 5 heteroatoms. The highest BCUT2D eigenvalue weighted by Gasteiger charge is 2.23. The molecule has 0 radical (unpaired) electrons. The fourth-order valence-corrected chi connectivity index (χ4v) is 4.77. The molecule has 5 aromatic rings. The Labute approximate surface area is 216 Å². The molecule has 0 saturated heterocycles. The summed E-state index contributed by atoms with van der Waals surface area (Å²) in [6.07, 6.45) is 2.44. The lowest BCUT2D eigenvalue weighted by Gasteiger charge is -2.18. The number of fused-ring (bicyclic) bond motifs is 1. The monoisotopic (exact) mass is 492 g/mol. The zero-order chi connectivity index (χ0) is 25.6. The van der Waals surface area contributed by atoms with Crippen LogP contribution in [0.5, 0.6) is 5.75 Å². The van der Waals surface area contributed by atoms with E-state index in [4.69, 9.17) is 4.74 Å². The van der Waals surface area contributed by atoms with E-state index in [9.17, 15) is 9.18 Å². The number of halogens is 1. The van der Waals surface area contributed by atoms with Gasteiger partial charge in [-0.15, -0.1) is 0 Å². The van der Waals surface area contributed by atoms with Crippen molar-refractivity contribution in [1.82, 2.24) is 9.88 Å². The van der Waals surface area contributed by atoms with E-state index in [0.29, 0.717) is 19.5 Å². The number of nitrogens with zero attached hydrogens (tertiary/aromatic N) is 1. The second kappa shape index (κ2) is 11.1. The van der Waals surface area contributed by atoms with Gasteiger partial charge in [0, 0.05) is 42.5 Å². The van der Waals surface area contributed by atoms with Gasteiger partial charge in [-0.3, -0.25) is 4.79 Å². The zero-order valence-electron chi connectivity index (χ0n) is 20.7. The topological polar surface area (TPSA) is 43.3 Å². The van der Waals surface area contributed by atoms with Gasteiger partial charge in [0.15, 0.2) is 0 Å². The molecule has 4 nitrogen and oxygen atoms in total. The second-order valence-electron chi connectivity index (χ2n) is 9.15. The molecule has 0 aliphatic rings. The van der Waals surface area contributed by atoms with E-state index in [1.54, 1.807) is 7.11 Å². The molecule has 37 heavy (non-hydrogen) atoms. The number of rotatable bonds is 9. The summed E-state index contributed by atoms with van der Waals surface area (Å²) in [4.78, 5) is 13.2. The number of nitrogens with one attached hydrogen (secondary N) is 1. The number of ether oxygens (including phenoxy) is 1. The average Bonchev–Trinajstić information content (AvgIpc) is 3.30. The molecule has 1 atom stereocenters. The molecular formula is C32H29FN2O2. The summed E-state index contributed by atoms with van der Waals surface area (Å²) >= 11 is 0. The zero-order valence-corrected chi connectivity index (χ0v) is 20.7. The lowest BCUT2D eigenvalue weighted by molar-refractivity contribution is -0.121. The fraction of sp³-hybridized carbons (Fsp3) is 0.156. The van der Waals surface area contributed by atoms with Gasteiger partial charge in [-0.25, -0.2) is 4.39 Å². The molecule has 0 fully saturated rings. The van der Waals surface area contributed by atoms with Crippen molar-refractivity contribution in [3.63, 3.8) is 0 Å². The predicted molar refractivity (Wildman–Crippen MR) is 145 cm³/mol. The summed E-state index contributed by atoms with van der Waals surface area (Å²) < 4.78 is 21.0. The van der Waals surface area contributed by atoms with Crippen molar-refractivity contribution in [3.05, 3.63) is 137 Å². The van der Waals surface area contributed by atoms with Crippen LogP contribution in [0, 0.1) is 5.82 Å². The number of para-hydroxylation sites is 1. The van der Waals surface area contributed by atoms with Crippen molar-refractivity contribution >= 4 is 16.8 Å². The van der Waals surface area contributed by atoms with Crippen LogP contribution in [0.25, 0.3) is 10.9 Å². The Morgan fingerprint density at radius 1 is 0.865 bits per heavy atom. The highest BCUT2D eigenvalue weighted by Crippen LogP contribution is 2.36. The average molecular weight is 493 g/mol. The fourth-order valence-electron chi connectivity index (χ4n) is 4.77. The normalized spacial score (nSPS) is 11.8. The number of methoxy groups -OCH3 is 1. The molecule has 0 spiro atoms. The number of benzene rings is 4. The molecule has 1 aromatic heterocycles. The van der Waals surface area contributed by atoms with E-state index in [1.165, 1.54) is 12.1 Å². The Balaban J connectivity index is 1.49. The van der Waals surface area contributed by atoms with Crippen LogP contribution < -0.4 is 10.1 Å². The highest BCUT2D eigenvalue weighted by atomic mass is 19.1. The van der Waals surface area contributed by atoms with Gasteiger partial charge in [0.25, 0.3) is 0 Å². The first kappa shape index (κ1) is 24.3. The summed E-state index contributed by atoms with van der Waals surface area (Å²) in [6, 6.07) is 32.6. The molecule has 0 aliphatic carbocycles. The van der Waals surface area contributed by atoms with Crippen LogP contribution in [0.15, 0.2) is 109 Å². The van der Waals surface area contributed by atoms with E-state index >= 15 is 0 Å². The van der Waals surface area contributed by atoms with Crippen LogP contribution in [0.2, 0.25) is 0 Å². The van der Waals surface area contributed by atoms with Gasteiger partial charge in [-0.1, -0.05) is 72.8 Å². The molecule has 0 aliphatic heterocycles. The van der Waals surface area contributed by atoms with Gasteiger partial charge >= 0.3 is 0 Å². The maximum Gasteiger partial charge on any atom is 0.221 e. The van der Waals surface area contributed by atoms with Crippen molar-refractivity contribution in [1.29, 1.82) is 0 Å². The lowest BCUT2D eigenvalue weighted by atomic mass is 9.88. The maximum atomic E-state index is 13.5. The summed E-state index contributed by atoms with van der Waals surface area (Å²) in [5.74, 6) is 0.360. The Morgan fingerprint density at radius 2 is 1.57 bits per heavy atom. The molecule has 1 amide bonds. The van der Waals surface area contributed by atoms with Crippen LogP contribution in [0.4, 0.5) is 4.39 Å². The third-order valence-corrected chi connectivity index (χ3v) is 6.70. The first-order valence-corrected chi connectivity index (χ1v) is 12.4. The molecule has 186 valence electrons. The molecule has 5 rings (SSSR count). The van der Waals surface area contributed by atoms with Crippen LogP contribution in [-0.4, -0.2) is 17.6 Å². The van der Waals surface area contributed by atoms with E-state index in [-0.39, 0.29) is 17.6 Å². The van der Waals surface area contributed by atoms with Crippen molar-refractivity contribution in [2.24, 2.45) is 0 Å². The van der Waals surface area contributed by atoms with Crippen LogP contribution in [-0.2, 0) is 17.9 Å². The first-order valence-electron chi connectivity index (χ1n) is 12.4. The third kappa shape index (κ3) is 5.72. The number of hydrogen-bond acceptors (Lipinski definition) is 2. The largest absolute Gasteiger partial charge is 0.497 e. The highest BCUT2D eigenvalue weighted by molar-refractivity contribution is 5.86. The maximum absolute atomic E-state index is 13.5. The van der Waals surface area contributed by atoms with E-state index in [0.717, 1.165) is 38.9 Å². The molecule has 1 heterocycles. The molecule has 0 bridgehead atoms. The minimum absolute atomic E-state index is 0.0139. The van der Waals surface area contributed by atoms with Crippen molar-refractivity contribution < 1.29 is 13.9 Å². The molecular weight excluding hydrogens is 463 g/mol. The van der Waals surface area contributed by atoms with Crippen molar-refractivity contribution in [2.45, 2.75) is 25.4 Å². The summed E-state index contributed by atoms with van der Waals surface area (Å²) in [5, 5.41) is 4.18. The van der Waals surface area contributed by atoms with E-state index in [2.05, 4.69) is 28.2 Å². The Hall–Kier alpha value is -4.38. The minimum Gasteiger partial charge on any atom is -0.497 e. The Bertz CT molecular complexity index is 1480. The third-order valence-electron chi connectivity index (χ3n) is 6.70. The van der Waals surface area contributed by atoms with Gasteiger partial charge in [-0.2, -0.15) is 0 Å². The van der Waals surface area contributed by atoms with Crippen LogP contribution in [0.1, 0.15) is 34.6 Å². The summed E-state index contributed by atoms with van der Waals surface area (Å²) in [6.45, 7) is 1.09. The van der Waals surface area contributed by atoms with Crippen molar-refractivity contribution in [3.8, 4) is 5.75 Å². The number of hydrogen-bond donors (Lipinski definition) is 1. The number of aromatic nitrogens is 1. The van der Waals surface area contributed by atoms with Crippen molar-refractivity contribution in [2.75, 3.05) is 7.11 Å². The predicted octanol–water partition coefficient (Wildman–Crippen LogP) is 6.68. The number of carbonyl (C=O) groups excluding carboxylic acids is 1. The summed E-state index contributed by atoms with van der Waals surface area (Å²) in [7, 11) is 1.65. The number of amides is 1. The van der Waals surface area contributed by atoms with Gasteiger partial charge < -0.3 is 14.6 Å². The van der Waals surface area contributed by atoms with Crippen LogP contribution >= 0.6 is 0 Å². The SMILES string of the molecule is COc1ccc(C(CC(=O)NCc2ccccc2)c2cn(Cc3ccc(F)cc3)c3ccccc23)cc1. The van der Waals surface area contributed by atoms with Gasteiger partial charge in [0.2, 0.25) is 5.91 Å². The Kier molecular flexibility index (Phi) is 7.31. The van der Waals surface area contributed by atoms with Gasteiger partial charge in [0.1, 0.15) is 11.6 Å². The van der Waals surface area contributed by atoms with E-state index < -0.39 is 0 Å². The smallest absolute Gasteiger partial charge is 0.221 e. The van der Waals surface area contributed by atoms with Gasteiger partial charge in [-0.05, 0) is 52.6 Å². The quantitative estimate of drug-likeness (QED) is 0.250. The minimum atomic E-state index is -0.247. The summed E-state index contributed by atoms with van der Waals surface area (Å²) in [5.41, 5.74) is 5.27. The Morgan fingerprint density at radius 3 is 2.30 bits per heavy atom. The molecule has 1 N–H and O–H groups in total. The number of carbonyl (C=O) groups is 1. The molecule has 0 saturated carbocycles. The first-order chi connectivity index (χ1) is 18.1. The van der Waals surface area contributed by atoms with Gasteiger partial charge in [0.05, 0.1) is 7.11 Å². The lowest BCUT2D eigenvalue weighted by Crippen LogP contribution is -2.25.